The lowest BCUT2D eigenvalue weighted by Crippen LogP contribution is -2.15. The van der Waals surface area contributed by atoms with Crippen LogP contribution in [-0.4, -0.2) is 25.8 Å². The van der Waals surface area contributed by atoms with E-state index in [0.29, 0.717) is 17.8 Å². The zero-order chi connectivity index (χ0) is 18.0. The third-order valence-corrected chi connectivity index (χ3v) is 6.94. The molecule has 0 fully saturated rings. The van der Waals surface area contributed by atoms with E-state index >= 15 is 0 Å². The molecule has 25 heavy (non-hydrogen) atoms. The maximum Gasteiger partial charge on any atom is 0.261 e. The van der Waals surface area contributed by atoms with Crippen molar-refractivity contribution < 1.29 is 13.2 Å². The van der Waals surface area contributed by atoms with Crippen molar-refractivity contribution in [2.75, 3.05) is 16.3 Å². The van der Waals surface area contributed by atoms with E-state index in [1.54, 1.807) is 53.9 Å². The molecule has 1 heterocycles. The van der Waals surface area contributed by atoms with Crippen molar-refractivity contribution in [2.45, 2.75) is 33.3 Å². The van der Waals surface area contributed by atoms with Crippen LogP contribution in [-0.2, 0) is 14.8 Å². The van der Waals surface area contributed by atoms with Crippen LogP contribution in [0.4, 0.5) is 11.4 Å². The van der Waals surface area contributed by atoms with Crippen molar-refractivity contribution in [3.8, 4) is 0 Å². The van der Waals surface area contributed by atoms with E-state index in [-0.39, 0.29) is 16.1 Å². The van der Waals surface area contributed by atoms with E-state index in [9.17, 15) is 13.2 Å². The zero-order valence-electron chi connectivity index (χ0n) is 13.8. The molecule has 0 saturated carbocycles. The average Bonchev–Trinajstić information content (AvgIpc) is 2.70. The number of benzene rings is 2. The topological polar surface area (TPSA) is 75.3 Å². The standard InChI is InChI=1S/C17H18N2O3S3/c1-11-8-17(20)18-15-10-14(6-7-16(15)24-11)25(21,22)19-12-4-3-5-13(9-12)23-2/h3-7,9-11,19H,8H2,1-2H3,(H,18,20). The van der Waals surface area contributed by atoms with Gasteiger partial charge >= 0.3 is 0 Å². The summed E-state index contributed by atoms with van der Waals surface area (Å²) in [6, 6.07) is 12.0. The van der Waals surface area contributed by atoms with E-state index in [1.165, 1.54) is 6.07 Å². The van der Waals surface area contributed by atoms with Crippen LogP contribution in [0.1, 0.15) is 13.3 Å². The van der Waals surface area contributed by atoms with E-state index in [1.807, 2.05) is 19.2 Å². The largest absolute Gasteiger partial charge is 0.325 e. The molecule has 0 radical (unpaired) electrons. The van der Waals surface area contributed by atoms with Crippen LogP contribution in [0, 0.1) is 0 Å². The van der Waals surface area contributed by atoms with Gasteiger partial charge in [0.15, 0.2) is 0 Å². The minimum Gasteiger partial charge on any atom is -0.325 e. The first-order chi connectivity index (χ1) is 11.9. The van der Waals surface area contributed by atoms with Crippen molar-refractivity contribution in [2.24, 2.45) is 0 Å². The molecule has 0 bridgehead atoms. The van der Waals surface area contributed by atoms with Crippen LogP contribution in [0.3, 0.4) is 0 Å². The Morgan fingerprint density at radius 2 is 2.04 bits per heavy atom. The highest BCUT2D eigenvalue weighted by atomic mass is 32.2. The number of nitrogens with one attached hydrogen (secondary N) is 2. The van der Waals surface area contributed by atoms with Crippen LogP contribution >= 0.6 is 23.5 Å². The van der Waals surface area contributed by atoms with Gasteiger partial charge in [0.25, 0.3) is 10.0 Å². The lowest BCUT2D eigenvalue weighted by atomic mass is 10.3. The number of amides is 1. The molecule has 8 heteroatoms. The van der Waals surface area contributed by atoms with Gasteiger partial charge in [-0.3, -0.25) is 9.52 Å². The molecule has 132 valence electrons. The average molecular weight is 395 g/mol. The van der Waals surface area contributed by atoms with Gasteiger partial charge in [-0.2, -0.15) is 0 Å². The number of anilines is 2. The number of hydrogen-bond donors (Lipinski definition) is 2. The van der Waals surface area contributed by atoms with Gasteiger partial charge in [0.2, 0.25) is 5.91 Å². The summed E-state index contributed by atoms with van der Waals surface area (Å²) in [6.07, 6.45) is 2.34. The van der Waals surface area contributed by atoms with E-state index in [4.69, 9.17) is 0 Å². The van der Waals surface area contributed by atoms with Gasteiger partial charge in [-0.1, -0.05) is 13.0 Å². The highest BCUT2D eigenvalue weighted by Gasteiger charge is 2.22. The predicted octanol–water partition coefficient (Wildman–Crippen LogP) is 4.03. The molecular formula is C17H18N2O3S3. The fourth-order valence-corrected chi connectivity index (χ4v) is 5.08. The van der Waals surface area contributed by atoms with Crippen LogP contribution in [0.2, 0.25) is 0 Å². The fourth-order valence-electron chi connectivity index (χ4n) is 2.50. The molecule has 3 rings (SSSR count). The summed E-state index contributed by atoms with van der Waals surface area (Å²) >= 11 is 3.10. The molecule has 1 aliphatic heterocycles. The summed E-state index contributed by atoms with van der Waals surface area (Å²) in [7, 11) is -3.73. The SMILES string of the molecule is CSc1cccc(NS(=O)(=O)c2ccc3c(c2)NC(=O)CC(C)S3)c1. The fraction of sp³-hybridized carbons (Fsp3) is 0.235. The Bertz CT molecular complexity index is 913. The third-order valence-electron chi connectivity index (χ3n) is 3.66. The molecule has 2 aromatic carbocycles. The van der Waals surface area contributed by atoms with Crippen LogP contribution < -0.4 is 10.0 Å². The van der Waals surface area contributed by atoms with Gasteiger partial charge in [-0.15, -0.1) is 23.5 Å². The molecule has 0 aromatic heterocycles. The quantitative estimate of drug-likeness (QED) is 0.766. The lowest BCUT2D eigenvalue weighted by Gasteiger charge is -2.12. The maximum absolute atomic E-state index is 12.7. The van der Waals surface area contributed by atoms with Gasteiger partial charge < -0.3 is 5.32 Å². The molecule has 1 amide bonds. The second-order valence-electron chi connectivity index (χ2n) is 5.68. The van der Waals surface area contributed by atoms with Crippen molar-refractivity contribution in [3.05, 3.63) is 42.5 Å². The highest BCUT2D eigenvalue weighted by Crippen LogP contribution is 2.36. The normalized spacial score (nSPS) is 17.4. The molecule has 1 unspecified atom stereocenters. The van der Waals surface area contributed by atoms with Crippen LogP contribution in [0.5, 0.6) is 0 Å². The summed E-state index contributed by atoms with van der Waals surface area (Å²) in [5.41, 5.74) is 1.05. The van der Waals surface area contributed by atoms with Crippen molar-refractivity contribution in [3.63, 3.8) is 0 Å². The molecule has 0 aliphatic carbocycles. The summed E-state index contributed by atoms with van der Waals surface area (Å²) < 4.78 is 28.0. The number of carbonyl (C=O) groups is 1. The van der Waals surface area contributed by atoms with Gasteiger partial charge in [0.1, 0.15) is 0 Å². The Kier molecular flexibility index (Phi) is 5.31. The summed E-state index contributed by atoms with van der Waals surface area (Å²) in [6.45, 7) is 1.98. The Morgan fingerprint density at radius 1 is 1.24 bits per heavy atom. The van der Waals surface area contributed by atoms with Gasteiger partial charge in [0, 0.05) is 27.1 Å². The van der Waals surface area contributed by atoms with E-state index in [0.717, 1.165) is 9.79 Å². The Balaban J connectivity index is 1.91. The molecule has 1 aliphatic rings. The first-order valence-corrected chi connectivity index (χ1v) is 11.2. The second kappa shape index (κ2) is 7.31. The highest BCUT2D eigenvalue weighted by molar-refractivity contribution is 8.00. The number of thioether (sulfide) groups is 2. The third kappa shape index (κ3) is 4.31. The van der Waals surface area contributed by atoms with Gasteiger partial charge in [-0.25, -0.2) is 8.42 Å². The summed E-state index contributed by atoms with van der Waals surface area (Å²) in [5, 5.41) is 2.94. The van der Waals surface area contributed by atoms with E-state index in [2.05, 4.69) is 10.0 Å². The zero-order valence-corrected chi connectivity index (χ0v) is 16.2. The molecule has 0 spiro atoms. The Hall–Kier alpha value is -1.64. The minimum absolute atomic E-state index is 0.103. The van der Waals surface area contributed by atoms with Crippen molar-refractivity contribution >= 4 is 50.8 Å². The van der Waals surface area contributed by atoms with Crippen molar-refractivity contribution in [1.82, 2.24) is 0 Å². The molecule has 2 aromatic rings. The molecule has 2 N–H and O–H groups in total. The first kappa shape index (κ1) is 18.2. The maximum atomic E-state index is 12.7. The summed E-state index contributed by atoms with van der Waals surface area (Å²) in [4.78, 5) is 13.9. The number of carbonyl (C=O) groups excluding carboxylic acids is 1. The first-order valence-electron chi connectivity index (χ1n) is 7.65. The number of rotatable bonds is 4. The van der Waals surface area contributed by atoms with Gasteiger partial charge in [0.05, 0.1) is 10.6 Å². The summed E-state index contributed by atoms with van der Waals surface area (Å²) in [5.74, 6) is -0.103. The monoisotopic (exact) mass is 394 g/mol. The number of fused-ring (bicyclic) bond motifs is 1. The second-order valence-corrected chi connectivity index (χ2v) is 9.72. The molecule has 0 saturated heterocycles. The Labute approximate surface area is 156 Å². The predicted molar refractivity (Wildman–Crippen MR) is 104 cm³/mol. The molecular weight excluding hydrogens is 376 g/mol. The Morgan fingerprint density at radius 3 is 2.80 bits per heavy atom. The minimum atomic E-state index is -3.73. The van der Waals surface area contributed by atoms with E-state index < -0.39 is 10.0 Å². The van der Waals surface area contributed by atoms with Crippen LogP contribution in [0.15, 0.2) is 57.2 Å². The van der Waals surface area contributed by atoms with Crippen molar-refractivity contribution in [1.29, 1.82) is 0 Å². The number of hydrogen-bond acceptors (Lipinski definition) is 5. The van der Waals surface area contributed by atoms with Gasteiger partial charge in [-0.05, 0) is 42.7 Å². The lowest BCUT2D eigenvalue weighted by molar-refractivity contribution is -0.116. The molecule has 1 atom stereocenters. The van der Waals surface area contributed by atoms with Crippen LogP contribution in [0.25, 0.3) is 0 Å². The number of sulfonamides is 1. The smallest absolute Gasteiger partial charge is 0.261 e. The molecule has 5 nitrogen and oxygen atoms in total.